The van der Waals surface area contributed by atoms with E-state index in [1.165, 1.54) is 12.1 Å². The molecule has 0 unspecified atom stereocenters. The Morgan fingerprint density at radius 3 is 2.62 bits per heavy atom. The number of hydrogen-bond acceptors (Lipinski definition) is 2. The van der Waals surface area contributed by atoms with Gasteiger partial charge in [-0.1, -0.05) is 19.1 Å². The summed E-state index contributed by atoms with van der Waals surface area (Å²) in [6.45, 7) is 4.90. The molecule has 0 aliphatic carbocycles. The Bertz CT molecular complexity index is 614. The van der Waals surface area contributed by atoms with Gasteiger partial charge < -0.3 is 10.1 Å². The predicted octanol–water partition coefficient (Wildman–Crippen LogP) is 4.57. The maximum absolute atomic E-state index is 13.9. The molecule has 2 aromatic rings. The van der Waals surface area contributed by atoms with Crippen LogP contribution in [0.3, 0.4) is 0 Å². The van der Waals surface area contributed by atoms with Crippen LogP contribution in [0.5, 0.6) is 11.5 Å². The Hall–Kier alpha value is -1.94. The van der Waals surface area contributed by atoms with Crippen LogP contribution in [0.4, 0.5) is 8.78 Å². The van der Waals surface area contributed by atoms with E-state index in [1.54, 1.807) is 31.2 Å². The number of halogens is 2. The second-order valence-electron chi connectivity index (χ2n) is 4.91. The molecule has 0 spiro atoms. The lowest BCUT2D eigenvalue weighted by atomic mass is 10.1. The minimum absolute atomic E-state index is 0.330. The van der Waals surface area contributed by atoms with Crippen molar-refractivity contribution in [2.45, 2.75) is 26.8 Å². The average molecular weight is 291 g/mol. The maximum atomic E-state index is 13.9. The Balaban J connectivity index is 2.22. The van der Waals surface area contributed by atoms with E-state index in [4.69, 9.17) is 4.74 Å². The van der Waals surface area contributed by atoms with Crippen molar-refractivity contribution in [2.24, 2.45) is 0 Å². The van der Waals surface area contributed by atoms with Crippen LogP contribution in [0.2, 0.25) is 0 Å². The molecule has 0 saturated carbocycles. The summed E-state index contributed by atoms with van der Waals surface area (Å²) in [7, 11) is 0. The van der Waals surface area contributed by atoms with E-state index in [2.05, 4.69) is 5.32 Å². The molecule has 0 saturated heterocycles. The minimum atomic E-state index is -0.338. The van der Waals surface area contributed by atoms with Crippen molar-refractivity contribution >= 4 is 0 Å². The summed E-state index contributed by atoms with van der Waals surface area (Å²) in [5, 5.41) is 3.14. The van der Waals surface area contributed by atoms with Crippen molar-refractivity contribution in [2.75, 3.05) is 6.54 Å². The predicted molar refractivity (Wildman–Crippen MR) is 79.6 cm³/mol. The molecule has 0 heterocycles. The molecule has 0 fully saturated rings. The molecule has 0 aliphatic rings. The van der Waals surface area contributed by atoms with Crippen LogP contribution in [-0.4, -0.2) is 6.54 Å². The molecule has 4 heteroatoms. The number of ether oxygens (including phenoxy) is 1. The van der Waals surface area contributed by atoms with Crippen molar-refractivity contribution in [1.29, 1.82) is 0 Å². The Morgan fingerprint density at radius 1 is 1.10 bits per heavy atom. The van der Waals surface area contributed by atoms with Crippen LogP contribution in [0.25, 0.3) is 0 Å². The number of nitrogens with one attached hydrogen (secondary N) is 1. The third kappa shape index (κ3) is 4.02. The quantitative estimate of drug-likeness (QED) is 0.787. The first-order valence-corrected chi connectivity index (χ1v) is 7.04. The van der Waals surface area contributed by atoms with Crippen molar-refractivity contribution < 1.29 is 13.5 Å². The number of aryl methyl sites for hydroxylation is 1. The van der Waals surface area contributed by atoms with E-state index in [0.717, 1.165) is 13.0 Å². The molecule has 0 radical (unpaired) electrons. The van der Waals surface area contributed by atoms with Gasteiger partial charge in [-0.2, -0.15) is 0 Å². The summed E-state index contributed by atoms with van der Waals surface area (Å²) in [5.74, 6) is 0.0977. The highest BCUT2D eigenvalue weighted by Gasteiger charge is 2.11. The van der Waals surface area contributed by atoms with E-state index < -0.39 is 0 Å². The first kappa shape index (κ1) is 15.4. The van der Waals surface area contributed by atoms with E-state index in [-0.39, 0.29) is 11.6 Å². The Labute approximate surface area is 123 Å². The first-order valence-electron chi connectivity index (χ1n) is 7.04. The molecule has 0 bridgehead atoms. The molecule has 21 heavy (non-hydrogen) atoms. The fraction of sp³-hybridized carbons (Fsp3) is 0.294. The smallest absolute Gasteiger partial charge is 0.134 e. The largest absolute Gasteiger partial charge is 0.457 e. The second kappa shape index (κ2) is 7.18. The molecule has 2 aromatic carbocycles. The van der Waals surface area contributed by atoms with Crippen LogP contribution in [-0.2, 0) is 6.54 Å². The van der Waals surface area contributed by atoms with Crippen LogP contribution in [0.15, 0.2) is 36.4 Å². The fourth-order valence-electron chi connectivity index (χ4n) is 1.96. The summed E-state index contributed by atoms with van der Waals surface area (Å²) >= 11 is 0. The fourth-order valence-corrected chi connectivity index (χ4v) is 1.96. The zero-order valence-corrected chi connectivity index (χ0v) is 12.2. The van der Waals surface area contributed by atoms with Gasteiger partial charge >= 0.3 is 0 Å². The van der Waals surface area contributed by atoms with Crippen molar-refractivity contribution in [1.82, 2.24) is 5.32 Å². The molecule has 2 nitrogen and oxygen atoms in total. The van der Waals surface area contributed by atoms with Crippen molar-refractivity contribution in [3.05, 3.63) is 59.2 Å². The number of hydrogen-bond donors (Lipinski definition) is 1. The number of rotatable bonds is 6. The molecule has 1 N–H and O–H groups in total. The van der Waals surface area contributed by atoms with Crippen molar-refractivity contribution in [3.63, 3.8) is 0 Å². The summed E-state index contributed by atoms with van der Waals surface area (Å²) < 4.78 is 33.1. The molecule has 0 amide bonds. The van der Waals surface area contributed by atoms with Crippen molar-refractivity contribution in [3.8, 4) is 11.5 Å². The molecule has 2 rings (SSSR count). The van der Waals surface area contributed by atoms with Crippen LogP contribution in [0.1, 0.15) is 24.5 Å². The lowest BCUT2D eigenvalue weighted by Crippen LogP contribution is -2.15. The van der Waals surface area contributed by atoms with E-state index in [0.29, 0.717) is 29.2 Å². The monoisotopic (exact) mass is 291 g/mol. The van der Waals surface area contributed by atoms with Crippen LogP contribution in [0, 0.1) is 18.6 Å². The summed E-state index contributed by atoms with van der Waals surface area (Å²) in [6.07, 6.45) is 0.966. The highest BCUT2D eigenvalue weighted by atomic mass is 19.1. The maximum Gasteiger partial charge on any atom is 0.134 e. The van der Waals surface area contributed by atoms with Gasteiger partial charge in [0.15, 0.2) is 0 Å². The van der Waals surface area contributed by atoms with E-state index in [1.807, 2.05) is 6.92 Å². The topological polar surface area (TPSA) is 21.3 Å². The van der Waals surface area contributed by atoms with Gasteiger partial charge in [0.25, 0.3) is 0 Å². The lowest BCUT2D eigenvalue weighted by Gasteiger charge is -2.13. The molecular formula is C17H19F2NO. The zero-order chi connectivity index (χ0) is 15.2. The van der Waals surface area contributed by atoms with Gasteiger partial charge in [0, 0.05) is 18.2 Å². The van der Waals surface area contributed by atoms with Crippen LogP contribution >= 0.6 is 0 Å². The van der Waals surface area contributed by atoms with E-state index in [9.17, 15) is 8.78 Å². The first-order chi connectivity index (χ1) is 10.1. The zero-order valence-electron chi connectivity index (χ0n) is 12.2. The van der Waals surface area contributed by atoms with Gasteiger partial charge in [0.1, 0.15) is 23.1 Å². The molecule has 112 valence electrons. The van der Waals surface area contributed by atoms with Crippen LogP contribution < -0.4 is 10.1 Å². The Kier molecular flexibility index (Phi) is 5.28. The Morgan fingerprint density at radius 2 is 1.90 bits per heavy atom. The van der Waals surface area contributed by atoms with Gasteiger partial charge in [0.05, 0.1) is 0 Å². The third-order valence-electron chi connectivity index (χ3n) is 3.18. The molecule has 0 aromatic heterocycles. The normalized spacial score (nSPS) is 10.7. The standard InChI is InChI=1S/C17H19F2NO/c1-3-9-20-11-14-15(18)5-4-6-17(14)21-13-8-7-12(2)16(19)10-13/h4-8,10,20H,3,9,11H2,1-2H3. The molecular weight excluding hydrogens is 272 g/mol. The minimum Gasteiger partial charge on any atom is -0.457 e. The summed E-state index contributed by atoms with van der Waals surface area (Å²) in [6, 6.07) is 9.28. The highest BCUT2D eigenvalue weighted by molar-refractivity contribution is 5.39. The second-order valence-corrected chi connectivity index (χ2v) is 4.91. The van der Waals surface area contributed by atoms with Gasteiger partial charge in [-0.3, -0.25) is 0 Å². The highest BCUT2D eigenvalue weighted by Crippen LogP contribution is 2.28. The summed E-state index contributed by atoms with van der Waals surface area (Å²) in [4.78, 5) is 0. The molecule has 0 atom stereocenters. The van der Waals surface area contributed by atoms with Gasteiger partial charge in [0.2, 0.25) is 0 Å². The lowest BCUT2D eigenvalue weighted by molar-refractivity contribution is 0.457. The van der Waals surface area contributed by atoms with Gasteiger partial charge in [-0.05, 0) is 43.7 Å². The SMILES string of the molecule is CCCNCc1c(F)cccc1Oc1ccc(C)c(F)c1. The summed E-state index contributed by atoms with van der Waals surface area (Å²) in [5.41, 5.74) is 0.998. The third-order valence-corrected chi connectivity index (χ3v) is 3.18. The number of benzene rings is 2. The van der Waals surface area contributed by atoms with Gasteiger partial charge in [-0.15, -0.1) is 0 Å². The average Bonchev–Trinajstić information content (AvgIpc) is 2.46. The van der Waals surface area contributed by atoms with Gasteiger partial charge in [-0.25, -0.2) is 8.78 Å². The van der Waals surface area contributed by atoms with E-state index >= 15 is 0 Å². The molecule has 0 aliphatic heterocycles.